The molecule has 3 nitrogen and oxygen atoms in total. The highest BCUT2D eigenvalue weighted by atomic mass is 32.1. The second kappa shape index (κ2) is 5.58. The van der Waals surface area contributed by atoms with Crippen LogP contribution in [0.4, 0.5) is 0 Å². The van der Waals surface area contributed by atoms with Crippen molar-refractivity contribution in [2.24, 2.45) is 5.92 Å². The fraction of sp³-hybridized carbons (Fsp3) is 0.727. The highest BCUT2D eigenvalue weighted by Crippen LogP contribution is 2.22. The summed E-state index contributed by atoms with van der Waals surface area (Å²) in [7, 11) is 0. The molecule has 1 saturated heterocycles. The number of ether oxygens (including phenoxy) is 1. The van der Waals surface area contributed by atoms with E-state index < -0.39 is 0 Å². The van der Waals surface area contributed by atoms with E-state index in [1.807, 2.05) is 0 Å². The molecule has 1 aromatic heterocycles. The summed E-state index contributed by atoms with van der Waals surface area (Å²) in [5, 5.41) is 12.1. The zero-order chi connectivity index (χ0) is 10.5. The lowest BCUT2D eigenvalue weighted by molar-refractivity contribution is 0.0665. The predicted octanol–water partition coefficient (Wildman–Crippen LogP) is 1.65. The lowest BCUT2D eigenvalue weighted by Crippen LogP contribution is -2.17. The van der Waals surface area contributed by atoms with Gasteiger partial charge < -0.3 is 9.84 Å². The van der Waals surface area contributed by atoms with Crippen molar-refractivity contribution in [3.63, 3.8) is 0 Å². The molecular weight excluding hydrogens is 210 g/mol. The smallest absolute Gasteiger partial charge is 0.0931 e. The number of aliphatic hydroxyl groups is 1. The predicted molar refractivity (Wildman–Crippen MR) is 60.2 cm³/mol. The molecule has 1 aromatic rings. The van der Waals surface area contributed by atoms with Gasteiger partial charge in [0, 0.05) is 38.0 Å². The third kappa shape index (κ3) is 3.26. The lowest BCUT2D eigenvalue weighted by atomic mass is 9.97. The Labute approximate surface area is 94.1 Å². The molecule has 0 amide bonds. The van der Waals surface area contributed by atoms with Gasteiger partial charge in [-0.2, -0.15) is 0 Å². The maximum atomic E-state index is 8.80. The van der Waals surface area contributed by atoms with Crippen LogP contribution < -0.4 is 0 Å². The first-order valence-corrected chi connectivity index (χ1v) is 6.38. The number of aliphatic hydroxyl groups excluding tert-OH is 1. The van der Waals surface area contributed by atoms with Crippen LogP contribution in [0.1, 0.15) is 23.5 Å². The van der Waals surface area contributed by atoms with E-state index in [2.05, 4.69) is 10.4 Å². The third-order valence-corrected chi connectivity index (χ3v) is 3.69. The van der Waals surface area contributed by atoms with E-state index >= 15 is 0 Å². The molecule has 0 aliphatic carbocycles. The normalized spacial score (nSPS) is 18.2. The summed E-state index contributed by atoms with van der Waals surface area (Å²) in [5.74, 6) is 0.742. The summed E-state index contributed by atoms with van der Waals surface area (Å²) in [4.78, 5) is 4.51. The molecule has 2 heterocycles. The third-order valence-electron chi connectivity index (χ3n) is 2.77. The minimum Gasteiger partial charge on any atom is -0.396 e. The minimum atomic E-state index is 0.195. The second-order valence-electron chi connectivity index (χ2n) is 3.97. The standard InChI is InChI=1S/C11H17NO2S/c13-4-1-10-8-15-11(12-10)7-9-2-5-14-6-3-9/h8-9,13H,1-7H2. The van der Waals surface area contributed by atoms with Gasteiger partial charge in [-0.05, 0) is 18.8 Å². The van der Waals surface area contributed by atoms with Crippen LogP contribution in [-0.4, -0.2) is 29.9 Å². The summed E-state index contributed by atoms with van der Waals surface area (Å²) in [6.07, 6.45) is 4.09. The average molecular weight is 227 g/mol. The van der Waals surface area contributed by atoms with Crippen molar-refractivity contribution in [3.8, 4) is 0 Å². The lowest BCUT2D eigenvalue weighted by Gasteiger charge is -2.20. The summed E-state index contributed by atoms with van der Waals surface area (Å²) in [5.41, 5.74) is 1.03. The Bertz CT molecular complexity index is 295. The Morgan fingerprint density at radius 3 is 3.00 bits per heavy atom. The number of thiazole rings is 1. The molecule has 84 valence electrons. The fourth-order valence-electron chi connectivity index (χ4n) is 1.87. The summed E-state index contributed by atoms with van der Waals surface area (Å²) >= 11 is 1.72. The van der Waals surface area contributed by atoms with Crippen LogP contribution in [0, 0.1) is 5.92 Å². The number of aromatic nitrogens is 1. The van der Waals surface area contributed by atoms with Gasteiger partial charge in [0.2, 0.25) is 0 Å². The molecular formula is C11H17NO2S. The number of rotatable bonds is 4. The van der Waals surface area contributed by atoms with Crippen LogP contribution in [0.25, 0.3) is 0 Å². The molecule has 1 aliphatic heterocycles. The first-order chi connectivity index (χ1) is 7.38. The number of hydrogen-bond acceptors (Lipinski definition) is 4. The van der Waals surface area contributed by atoms with Crippen molar-refractivity contribution < 1.29 is 9.84 Å². The molecule has 15 heavy (non-hydrogen) atoms. The van der Waals surface area contributed by atoms with Gasteiger partial charge in [0.1, 0.15) is 0 Å². The van der Waals surface area contributed by atoms with Crippen LogP contribution in [0.2, 0.25) is 0 Å². The molecule has 1 N–H and O–H groups in total. The summed E-state index contributed by atoms with van der Waals surface area (Å²) < 4.78 is 5.33. The van der Waals surface area contributed by atoms with Crippen molar-refractivity contribution in [2.75, 3.05) is 19.8 Å². The van der Waals surface area contributed by atoms with E-state index in [4.69, 9.17) is 9.84 Å². The molecule has 0 saturated carbocycles. The Morgan fingerprint density at radius 2 is 2.27 bits per heavy atom. The molecule has 0 radical (unpaired) electrons. The highest BCUT2D eigenvalue weighted by Gasteiger charge is 2.15. The van der Waals surface area contributed by atoms with Gasteiger partial charge in [0.15, 0.2) is 0 Å². The van der Waals surface area contributed by atoms with Gasteiger partial charge >= 0.3 is 0 Å². The monoisotopic (exact) mass is 227 g/mol. The van der Waals surface area contributed by atoms with Crippen molar-refractivity contribution in [1.29, 1.82) is 0 Å². The van der Waals surface area contributed by atoms with E-state index in [0.29, 0.717) is 6.42 Å². The Hall–Kier alpha value is -0.450. The largest absolute Gasteiger partial charge is 0.396 e. The molecule has 0 unspecified atom stereocenters. The SMILES string of the molecule is OCCc1csc(CC2CCOCC2)n1. The molecule has 0 aromatic carbocycles. The molecule has 1 fully saturated rings. The van der Waals surface area contributed by atoms with Crippen LogP contribution in [0.5, 0.6) is 0 Å². The molecule has 1 aliphatic rings. The molecule has 0 atom stereocenters. The highest BCUT2D eigenvalue weighted by molar-refractivity contribution is 7.09. The van der Waals surface area contributed by atoms with Crippen LogP contribution in [0.15, 0.2) is 5.38 Å². The van der Waals surface area contributed by atoms with Gasteiger partial charge in [-0.1, -0.05) is 0 Å². The molecule has 4 heteroatoms. The Morgan fingerprint density at radius 1 is 1.47 bits per heavy atom. The van der Waals surface area contributed by atoms with E-state index in [-0.39, 0.29) is 6.61 Å². The second-order valence-corrected chi connectivity index (χ2v) is 4.91. The van der Waals surface area contributed by atoms with E-state index in [1.54, 1.807) is 11.3 Å². The zero-order valence-corrected chi connectivity index (χ0v) is 9.63. The Balaban J connectivity index is 1.86. The average Bonchev–Trinajstić information content (AvgIpc) is 2.68. The number of nitrogens with zero attached hydrogens (tertiary/aromatic N) is 1. The fourth-order valence-corrected chi connectivity index (χ4v) is 2.81. The van der Waals surface area contributed by atoms with Gasteiger partial charge in [-0.15, -0.1) is 11.3 Å². The minimum absolute atomic E-state index is 0.195. The van der Waals surface area contributed by atoms with E-state index in [0.717, 1.165) is 44.1 Å². The van der Waals surface area contributed by atoms with Gasteiger partial charge in [0.05, 0.1) is 10.7 Å². The summed E-state index contributed by atoms with van der Waals surface area (Å²) in [6.45, 7) is 2.00. The van der Waals surface area contributed by atoms with Gasteiger partial charge in [0.25, 0.3) is 0 Å². The van der Waals surface area contributed by atoms with Crippen LogP contribution >= 0.6 is 11.3 Å². The Kier molecular flexibility index (Phi) is 4.11. The first-order valence-electron chi connectivity index (χ1n) is 5.50. The zero-order valence-electron chi connectivity index (χ0n) is 8.82. The van der Waals surface area contributed by atoms with E-state index in [1.165, 1.54) is 5.01 Å². The number of hydrogen-bond donors (Lipinski definition) is 1. The van der Waals surface area contributed by atoms with Crippen LogP contribution in [0.3, 0.4) is 0 Å². The van der Waals surface area contributed by atoms with Crippen molar-refractivity contribution >= 4 is 11.3 Å². The van der Waals surface area contributed by atoms with Crippen molar-refractivity contribution in [1.82, 2.24) is 4.98 Å². The summed E-state index contributed by atoms with van der Waals surface area (Å²) in [6, 6.07) is 0. The quantitative estimate of drug-likeness (QED) is 0.850. The topological polar surface area (TPSA) is 42.4 Å². The maximum absolute atomic E-state index is 8.80. The van der Waals surface area contributed by atoms with E-state index in [9.17, 15) is 0 Å². The van der Waals surface area contributed by atoms with Crippen LogP contribution in [-0.2, 0) is 17.6 Å². The molecule has 0 spiro atoms. The first kappa shape index (κ1) is 11.0. The van der Waals surface area contributed by atoms with Gasteiger partial charge in [-0.3, -0.25) is 0 Å². The molecule has 2 rings (SSSR count). The van der Waals surface area contributed by atoms with Gasteiger partial charge in [-0.25, -0.2) is 4.98 Å². The molecule has 0 bridgehead atoms. The van der Waals surface area contributed by atoms with Crippen molar-refractivity contribution in [3.05, 3.63) is 16.1 Å². The maximum Gasteiger partial charge on any atom is 0.0931 e. The van der Waals surface area contributed by atoms with Crippen molar-refractivity contribution in [2.45, 2.75) is 25.7 Å².